The number of piperidine rings is 1. The number of rotatable bonds is 5. The lowest BCUT2D eigenvalue weighted by molar-refractivity contribution is 0.01000. The molecule has 4 heteroatoms. The molecule has 1 saturated heterocycles. The molecule has 2 unspecified atom stereocenters. The fourth-order valence-corrected chi connectivity index (χ4v) is 2.78. The number of likely N-dealkylation sites (tertiary alicyclic amines) is 1. The Balaban J connectivity index is 2.05. The van der Waals surface area contributed by atoms with Crippen LogP contribution in [0.1, 0.15) is 18.4 Å². The van der Waals surface area contributed by atoms with E-state index in [1.165, 1.54) is 5.56 Å². The van der Waals surface area contributed by atoms with Gasteiger partial charge in [-0.05, 0) is 18.9 Å². The first-order valence-corrected chi connectivity index (χ1v) is 6.87. The number of hydrogen-bond acceptors (Lipinski definition) is 4. The van der Waals surface area contributed by atoms with Crippen LogP contribution in [0.15, 0.2) is 24.3 Å². The second-order valence-electron chi connectivity index (χ2n) is 5.05. The van der Waals surface area contributed by atoms with Crippen LogP contribution in [0.2, 0.25) is 0 Å². The quantitative estimate of drug-likeness (QED) is 0.878. The Hall–Kier alpha value is -1.10. The van der Waals surface area contributed by atoms with E-state index in [4.69, 9.17) is 15.2 Å². The van der Waals surface area contributed by atoms with Gasteiger partial charge in [-0.3, -0.25) is 4.90 Å². The van der Waals surface area contributed by atoms with Crippen molar-refractivity contribution < 1.29 is 9.47 Å². The largest absolute Gasteiger partial charge is 0.496 e. The molecule has 2 N–H and O–H groups in total. The topological polar surface area (TPSA) is 47.7 Å². The minimum atomic E-state index is 0.350. The van der Waals surface area contributed by atoms with E-state index in [-0.39, 0.29) is 0 Å². The van der Waals surface area contributed by atoms with Crippen molar-refractivity contribution in [2.24, 2.45) is 5.73 Å². The monoisotopic (exact) mass is 264 g/mol. The van der Waals surface area contributed by atoms with Crippen molar-refractivity contribution in [2.45, 2.75) is 31.5 Å². The van der Waals surface area contributed by atoms with E-state index in [0.717, 1.165) is 31.7 Å². The molecule has 1 aliphatic heterocycles. The van der Waals surface area contributed by atoms with E-state index in [1.807, 2.05) is 12.1 Å². The number of hydrogen-bond donors (Lipinski definition) is 1. The van der Waals surface area contributed by atoms with Crippen molar-refractivity contribution in [2.75, 3.05) is 27.3 Å². The Bertz CT molecular complexity index is 397. The SMILES string of the molecule is COc1ccccc1CN1CCC(OC)CC1CN. The first-order chi connectivity index (χ1) is 9.28. The summed E-state index contributed by atoms with van der Waals surface area (Å²) in [6, 6.07) is 8.57. The Morgan fingerprint density at radius 2 is 2.11 bits per heavy atom. The summed E-state index contributed by atoms with van der Waals surface area (Å²) in [5.74, 6) is 0.951. The van der Waals surface area contributed by atoms with Crippen LogP contribution >= 0.6 is 0 Å². The molecule has 1 aliphatic rings. The Morgan fingerprint density at radius 3 is 2.79 bits per heavy atom. The van der Waals surface area contributed by atoms with Gasteiger partial charge < -0.3 is 15.2 Å². The van der Waals surface area contributed by atoms with Crippen molar-refractivity contribution in [1.82, 2.24) is 4.90 Å². The van der Waals surface area contributed by atoms with Gasteiger partial charge in [0, 0.05) is 38.3 Å². The molecule has 2 atom stereocenters. The molecule has 2 rings (SSSR count). The third kappa shape index (κ3) is 3.47. The molecule has 19 heavy (non-hydrogen) atoms. The average molecular weight is 264 g/mol. The predicted molar refractivity (Wildman–Crippen MR) is 76.3 cm³/mol. The molecular formula is C15H24N2O2. The van der Waals surface area contributed by atoms with Gasteiger partial charge in [-0.15, -0.1) is 0 Å². The predicted octanol–water partition coefficient (Wildman–Crippen LogP) is 1.63. The van der Waals surface area contributed by atoms with Gasteiger partial charge in [0.1, 0.15) is 5.75 Å². The number of nitrogens with two attached hydrogens (primary N) is 1. The minimum absolute atomic E-state index is 0.350. The lowest BCUT2D eigenvalue weighted by Crippen LogP contribution is -2.48. The molecule has 0 spiro atoms. The average Bonchev–Trinajstić information content (AvgIpc) is 2.48. The van der Waals surface area contributed by atoms with Crippen molar-refractivity contribution in [3.63, 3.8) is 0 Å². The number of benzene rings is 1. The lowest BCUT2D eigenvalue weighted by Gasteiger charge is -2.38. The number of methoxy groups -OCH3 is 2. The van der Waals surface area contributed by atoms with Gasteiger partial charge in [-0.1, -0.05) is 18.2 Å². The molecule has 1 aromatic rings. The summed E-state index contributed by atoms with van der Waals surface area (Å²) >= 11 is 0. The first-order valence-electron chi connectivity index (χ1n) is 6.87. The van der Waals surface area contributed by atoms with Crippen molar-refractivity contribution in [1.29, 1.82) is 0 Å². The van der Waals surface area contributed by atoms with Crippen LogP contribution in [0.5, 0.6) is 5.75 Å². The smallest absolute Gasteiger partial charge is 0.123 e. The Labute approximate surface area is 115 Å². The summed E-state index contributed by atoms with van der Waals surface area (Å²) in [4.78, 5) is 2.44. The fourth-order valence-electron chi connectivity index (χ4n) is 2.78. The zero-order chi connectivity index (χ0) is 13.7. The Morgan fingerprint density at radius 1 is 1.32 bits per heavy atom. The summed E-state index contributed by atoms with van der Waals surface area (Å²) in [7, 11) is 3.50. The summed E-state index contributed by atoms with van der Waals surface area (Å²) in [6.45, 7) is 2.59. The van der Waals surface area contributed by atoms with Gasteiger partial charge in [0.15, 0.2) is 0 Å². The van der Waals surface area contributed by atoms with E-state index in [0.29, 0.717) is 18.7 Å². The maximum absolute atomic E-state index is 5.91. The van der Waals surface area contributed by atoms with Crippen LogP contribution in [0, 0.1) is 0 Å². The van der Waals surface area contributed by atoms with Gasteiger partial charge in [0.25, 0.3) is 0 Å². The maximum atomic E-state index is 5.91. The number of nitrogens with zero attached hydrogens (tertiary/aromatic N) is 1. The van der Waals surface area contributed by atoms with Crippen LogP contribution in [-0.4, -0.2) is 44.4 Å². The number of para-hydroxylation sites is 1. The first kappa shape index (κ1) is 14.3. The van der Waals surface area contributed by atoms with Gasteiger partial charge in [0.05, 0.1) is 13.2 Å². The maximum Gasteiger partial charge on any atom is 0.123 e. The summed E-state index contributed by atoms with van der Waals surface area (Å²) in [6.07, 6.45) is 2.44. The van der Waals surface area contributed by atoms with Gasteiger partial charge in [-0.2, -0.15) is 0 Å². The highest BCUT2D eigenvalue weighted by molar-refractivity contribution is 5.33. The summed E-state index contributed by atoms with van der Waals surface area (Å²) in [5, 5.41) is 0. The van der Waals surface area contributed by atoms with Crippen molar-refractivity contribution in [3.05, 3.63) is 29.8 Å². The molecule has 1 fully saturated rings. The molecule has 0 amide bonds. The third-order valence-electron chi connectivity index (χ3n) is 3.96. The zero-order valence-corrected chi connectivity index (χ0v) is 11.8. The molecule has 0 aliphatic carbocycles. The molecule has 1 heterocycles. The normalized spacial score (nSPS) is 24.4. The fraction of sp³-hybridized carbons (Fsp3) is 0.600. The van der Waals surface area contributed by atoms with Gasteiger partial charge in [0.2, 0.25) is 0 Å². The van der Waals surface area contributed by atoms with Crippen LogP contribution in [0.3, 0.4) is 0 Å². The molecule has 1 aromatic carbocycles. The van der Waals surface area contributed by atoms with E-state index >= 15 is 0 Å². The highest BCUT2D eigenvalue weighted by atomic mass is 16.5. The van der Waals surface area contributed by atoms with E-state index in [2.05, 4.69) is 17.0 Å². The van der Waals surface area contributed by atoms with Crippen molar-refractivity contribution >= 4 is 0 Å². The third-order valence-corrected chi connectivity index (χ3v) is 3.96. The molecule has 106 valence electrons. The lowest BCUT2D eigenvalue weighted by atomic mass is 9.98. The van der Waals surface area contributed by atoms with E-state index < -0.39 is 0 Å². The zero-order valence-electron chi connectivity index (χ0n) is 11.8. The van der Waals surface area contributed by atoms with Crippen LogP contribution in [0.25, 0.3) is 0 Å². The van der Waals surface area contributed by atoms with Crippen LogP contribution in [-0.2, 0) is 11.3 Å². The second kappa shape index (κ2) is 6.89. The molecular weight excluding hydrogens is 240 g/mol. The highest BCUT2D eigenvalue weighted by Crippen LogP contribution is 2.25. The second-order valence-corrected chi connectivity index (χ2v) is 5.05. The molecule has 0 bridgehead atoms. The molecule has 4 nitrogen and oxygen atoms in total. The molecule has 0 aromatic heterocycles. The highest BCUT2D eigenvalue weighted by Gasteiger charge is 2.27. The van der Waals surface area contributed by atoms with Gasteiger partial charge in [-0.25, -0.2) is 0 Å². The number of ether oxygens (including phenoxy) is 2. The Kier molecular flexibility index (Phi) is 5.19. The summed E-state index contributed by atoms with van der Waals surface area (Å²) < 4.78 is 10.9. The minimum Gasteiger partial charge on any atom is -0.496 e. The molecule has 0 saturated carbocycles. The van der Waals surface area contributed by atoms with Crippen molar-refractivity contribution in [3.8, 4) is 5.75 Å². The van der Waals surface area contributed by atoms with E-state index in [1.54, 1.807) is 14.2 Å². The van der Waals surface area contributed by atoms with Crippen LogP contribution < -0.4 is 10.5 Å². The molecule has 0 radical (unpaired) electrons. The van der Waals surface area contributed by atoms with Gasteiger partial charge >= 0.3 is 0 Å². The van der Waals surface area contributed by atoms with E-state index in [9.17, 15) is 0 Å². The standard InChI is InChI=1S/C15H24N2O2/c1-18-14-7-8-17(13(9-14)10-16)11-12-5-3-4-6-15(12)19-2/h3-6,13-14H,7-11,16H2,1-2H3. The summed E-state index contributed by atoms with van der Waals surface area (Å²) in [5.41, 5.74) is 7.13. The van der Waals surface area contributed by atoms with Crippen LogP contribution in [0.4, 0.5) is 0 Å².